The van der Waals surface area contributed by atoms with Gasteiger partial charge in [-0.25, -0.2) is 0 Å². The van der Waals surface area contributed by atoms with Crippen molar-refractivity contribution in [2.45, 2.75) is 65.2 Å². The predicted octanol–water partition coefficient (Wildman–Crippen LogP) is 4.89. The minimum Gasteiger partial charge on any atom is -0.264 e. The van der Waals surface area contributed by atoms with Crippen LogP contribution in [0, 0.1) is 0 Å². The van der Waals surface area contributed by atoms with Crippen LogP contribution in [-0.4, -0.2) is 4.98 Å². The molecule has 1 aromatic rings. The number of hydrogen-bond donors (Lipinski definition) is 0. The summed E-state index contributed by atoms with van der Waals surface area (Å²) in [5, 5.41) is 0. The number of rotatable bonds is 6. The summed E-state index contributed by atoms with van der Waals surface area (Å²) in [4.78, 5) is 4.39. The summed E-state index contributed by atoms with van der Waals surface area (Å²) in [6.45, 7) is 9.09. The summed E-state index contributed by atoms with van der Waals surface area (Å²) >= 11 is 0. The van der Waals surface area contributed by atoms with Crippen LogP contribution in [0.3, 0.4) is 0 Å². The van der Waals surface area contributed by atoms with Gasteiger partial charge < -0.3 is 0 Å². The first-order valence-electron chi connectivity index (χ1n) is 6.63. The molecule has 0 N–H and O–H groups in total. The van der Waals surface area contributed by atoms with Gasteiger partial charge in [-0.05, 0) is 35.8 Å². The van der Waals surface area contributed by atoms with E-state index in [1.54, 1.807) is 0 Å². The van der Waals surface area contributed by atoms with Gasteiger partial charge in [0.15, 0.2) is 0 Å². The molecule has 0 radical (unpaired) electrons. The van der Waals surface area contributed by atoms with E-state index < -0.39 is 0 Å². The highest BCUT2D eigenvalue weighted by Gasteiger charge is 2.09. The van der Waals surface area contributed by atoms with Gasteiger partial charge in [0.25, 0.3) is 0 Å². The van der Waals surface area contributed by atoms with Gasteiger partial charge in [0.1, 0.15) is 0 Å². The monoisotopic (exact) mass is 219 g/mol. The van der Waals surface area contributed by atoms with Gasteiger partial charge in [0, 0.05) is 12.4 Å². The normalized spacial score (nSPS) is 14.8. The molecule has 16 heavy (non-hydrogen) atoms. The molecule has 0 amide bonds. The molecular formula is C15H25N. The van der Waals surface area contributed by atoms with Crippen molar-refractivity contribution < 1.29 is 0 Å². The van der Waals surface area contributed by atoms with Crippen molar-refractivity contribution in [2.75, 3.05) is 0 Å². The van der Waals surface area contributed by atoms with Gasteiger partial charge in [-0.15, -0.1) is 0 Å². The van der Waals surface area contributed by atoms with E-state index in [1.807, 2.05) is 12.4 Å². The Morgan fingerprint density at radius 1 is 0.938 bits per heavy atom. The van der Waals surface area contributed by atoms with E-state index in [2.05, 4.69) is 38.7 Å². The van der Waals surface area contributed by atoms with Gasteiger partial charge >= 0.3 is 0 Å². The lowest BCUT2D eigenvalue weighted by molar-refractivity contribution is 0.644. The third-order valence-corrected chi connectivity index (χ3v) is 3.36. The molecule has 90 valence electrons. The number of nitrogens with zero attached hydrogens (tertiary/aromatic N) is 1. The molecule has 0 aliphatic heterocycles. The van der Waals surface area contributed by atoms with Crippen LogP contribution >= 0.6 is 0 Å². The maximum absolute atomic E-state index is 4.39. The molecule has 1 rings (SSSR count). The Hall–Kier alpha value is -0.850. The summed E-state index contributed by atoms with van der Waals surface area (Å²) in [6, 6.07) is 2.35. The van der Waals surface area contributed by atoms with Crippen molar-refractivity contribution in [3.8, 4) is 0 Å². The van der Waals surface area contributed by atoms with Crippen molar-refractivity contribution in [3.05, 3.63) is 29.6 Å². The SMILES string of the molecule is CCCC(C)c1cncc(C(C)CCC)c1. The van der Waals surface area contributed by atoms with Crippen LogP contribution in [0.1, 0.15) is 76.3 Å². The lowest BCUT2D eigenvalue weighted by atomic mass is 9.92. The smallest absolute Gasteiger partial charge is 0.0302 e. The maximum atomic E-state index is 4.39. The van der Waals surface area contributed by atoms with Crippen molar-refractivity contribution in [1.29, 1.82) is 0 Å². The third-order valence-electron chi connectivity index (χ3n) is 3.36. The van der Waals surface area contributed by atoms with Crippen LogP contribution in [0.25, 0.3) is 0 Å². The summed E-state index contributed by atoms with van der Waals surface area (Å²) in [5.41, 5.74) is 2.81. The first-order chi connectivity index (χ1) is 7.69. The Bertz CT molecular complexity index is 279. The summed E-state index contributed by atoms with van der Waals surface area (Å²) in [6.07, 6.45) is 9.07. The fraction of sp³-hybridized carbons (Fsp3) is 0.667. The first kappa shape index (κ1) is 13.2. The number of hydrogen-bond acceptors (Lipinski definition) is 1. The molecule has 1 heterocycles. The zero-order valence-electron chi connectivity index (χ0n) is 11.2. The second-order valence-electron chi connectivity index (χ2n) is 4.93. The van der Waals surface area contributed by atoms with Gasteiger partial charge in [0.05, 0.1) is 0 Å². The zero-order valence-corrected chi connectivity index (χ0v) is 11.2. The Labute approximate surface area is 100 Å². The molecular weight excluding hydrogens is 194 g/mol. The van der Waals surface area contributed by atoms with E-state index in [0.717, 1.165) is 0 Å². The van der Waals surface area contributed by atoms with Gasteiger partial charge in [-0.1, -0.05) is 46.6 Å². The molecule has 0 aliphatic rings. The fourth-order valence-corrected chi connectivity index (χ4v) is 2.21. The lowest BCUT2D eigenvalue weighted by Gasteiger charge is -2.14. The molecule has 2 unspecified atom stereocenters. The molecule has 2 atom stereocenters. The zero-order chi connectivity index (χ0) is 12.0. The van der Waals surface area contributed by atoms with Crippen LogP contribution in [0.15, 0.2) is 18.5 Å². The number of pyridine rings is 1. The highest BCUT2D eigenvalue weighted by Crippen LogP contribution is 2.25. The van der Waals surface area contributed by atoms with Crippen LogP contribution in [0.2, 0.25) is 0 Å². The topological polar surface area (TPSA) is 12.9 Å². The number of aromatic nitrogens is 1. The molecule has 0 spiro atoms. The molecule has 1 heteroatoms. The molecule has 0 aromatic carbocycles. The van der Waals surface area contributed by atoms with Gasteiger partial charge in [-0.3, -0.25) is 4.98 Å². The quantitative estimate of drug-likeness (QED) is 0.664. The Balaban J connectivity index is 2.77. The van der Waals surface area contributed by atoms with Crippen LogP contribution in [0.5, 0.6) is 0 Å². The van der Waals surface area contributed by atoms with E-state index in [-0.39, 0.29) is 0 Å². The highest BCUT2D eigenvalue weighted by molar-refractivity contribution is 5.23. The minimum atomic E-state index is 0.645. The van der Waals surface area contributed by atoms with Crippen molar-refractivity contribution >= 4 is 0 Å². The molecule has 0 fully saturated rings. The second-order valence-corrected chi connectivity index (χ2v) is 4.93. The molecule has 0 aliphatic carbocycles. The van der Waals surface area contributed by atoms with E-state index in [1.165, 1.54) is 36.8 Å². The summed E-state index contributed by atoms with van der Waals surface area (Å²) in [5.74, 6) is 1.29. The standard InChI is InChI=1S/C15H25N/c1-5-7-12(3)14-9-15(11-16-10-14)13(4)8-6-2/h9-13H,5-8H2,1-4H3. The van der Waals surface area contributed by atoms with E-state index in [4.69, 9.17) is 0 Å². The molecule has 0 bridgehead atoms. The lowest BCUT2D eigenvalue weighted by Crippen LogP contribution is -1.99. The Morgan fingerprint density at radius 2 is 1.38 bits per heavy atom. The Morgan fingerprint density at radius 3 is 1.75 bits per heavy atom. The van der Waals surface area contributed by atoms with Gasteiger partial charge in [0.2, 0.25) is 0 Å². The van der Waals surface area contributed by atoms with E-state index in [9.17, 15) is 0 Å². The average molecular weight is 219 g/mol. The minimum absolute atomic E-state index is 0.645. The van der Waals surface area contributed by atoms with Crippen LogP contribution in [-0.2, 0) is 0 Å². The maximum Gasteiger partial charge on any atom is 0.0302 e. The third kappa shape index (κ3) is 3.62. The summed E-state index contributed by atoms with van der Waals surface area (Å²) < 4.78 is 0. The Kier molecular flexibility index (Phi) is 5.51. The largest absolute Gasteiger partial charge is 0.264 e. The van der Waals surface area contributed by atoms with Crippen LogP contribution in [0.4, 0.5) is 0 Å². The predicted molar refractivity (Wildman–Crippen MR) is 70.9 cm³/mol. The van der Waals surface area contributed by atoms with Crippen molar-refractivity contribution in [2.24, 2.45) is 0 Å². The first-order valence-corrected chi connectivity index (χ1v) is 6.63. The molecule has 0 saturated carbocycles. The van der Waals surface area contributed by atoms with Crippen molar-refractivity contribution in [1.82, 2.24) is 4.98 Å². The van der Waals surface area contributed by atoms with E-state index in [0.29, 0.717) is 11.8 Å². The molecule has 1 nitrogen and oxygen atoms in total. The highest BCUT2D eigenvalue weighted by atomic mass is 14.6. The van der Waals surface area contributed by atoms with Crippen molar-refractivity contribution in [3.63, 3.8) is 0 Å². The molecule has 0 saturated heterocycles. The van der Waals surface area contributed by atoms with Gasteiger partial charge in [-0.2, -0.15) is 0 Å². The average Bonchev–Trinajstić information content (AvgIpc) is 2.30. The van der Waals surface area contributed by atoms with E-state index >= 15 is 0 Å². The fourth-order valence-electron chi connectivity index (χ4n) is 2.21. The van der Waals surface area contributed by atoms with Crippen LogP contribution < -0.4 is 0 Å². The summed E-state index contributed by atoms with van der Waals surface area (Å²) in [7, 11) is 0. The molecule has 1 aromatic heterocycles. The second kappa shape index (κ2) is 6.67.